The summed E-state index contributed by atoms with van der Waals surface area (Å²) < 4.78 is 62.4. The van der Waals surface area contributed by atoms with Crippen LogP contribution in [0.1, 0.15) is 131 Å². The fourth-order valence-electron chi connectivity index (χ4n) is 13.2. The number of epoxide rings is 2. The number of rotatable bonds is 34. The van der Waals surface area contributed by atoms with Crippen molar-refractivity contribution in [3.8, 4) is 46.0 Å². The summed E-state index contributed by atoms with van der Waals surface area (Å²) in [4.78, 5) is 122. The van der Waals surface area contributed by atoms with Gasteiger partial charge in [-0.15, -0.1) is 0 Å². The maximum absolute atomic E-state index is 16.2. The Morgan fingerprint density at radius 3 is 0.922 bits per heavy atom. The molecular formula is C80H80N4O18. The van der Waals surface area contributed by atoms with Crippen molar-refractivity contribution < 1.29 is 85.7 Å². The molecule has 0 aliphatic carbocycles. The minimum absolute atomic E-state index is 0.0376. The number of amides is 6. The lowest BCUT2D eigenvalue weighted by atomic mass is 9.80. The Morgan fingerprint density at radius 2 is 0.676 bits per heavy atom. The first-order valence-electron chi connectivity index (χ1n) is 35.1. The summed E-state index contributed by atoms with van der Waals surface area (Å²) in [6, 6.07) is 32.5. The zero-order valence-corrected chi connectivity index (χ0v) is 57.8. The molecule has 0 aromatic heterocycles. The second kappa shape index (κ2) is 30.8. The number of hydrogen-bond acceptors (Lipinski definition) is 18. The van der Waals surface area contributed by atoms with E-state index in [1.165, 1.54) is 24.3 Å². The van der Waals surface area contributed by atoms with Crippen molar-refractivity contribution >= 4 is 90.5 Å². The number of ether oxygens (including phenoxy) is 10. The van der Waals surface area contributed by atoms with E-state index in [0.717, 1.165) is 32.1 Å². The smallest absolute Gasteiger partial charge is 0.329 e. The number of carbonyl (C=O) groups is 8. The van der Waals surface area contributed by atoms with Gasteiger partial charge in [0.15, 0.2) is 0 Å². The van der Waals surface area contributed by atoms with Crippen molar-refractivity contribution in [2.45, 2.75) is 117 Å². The summed E-state index contributed by atoms with van der Waals surface area (Å²) >= 11 is 0. The summed E-state index contributed by atoms with van der Waals surface area (Å²) in [5.41, 5.74) is 3.72. The molecule has 22 heteroatoms. The second-order valence-electron chi connectivity index (χ2n) is 25.4. The lowest BCUT2D eigenvalue weighted by Crippen LogP contribution is -2.51. The lowest BCUT2D eigenvalue weighted by molar-refractivity contribution is -0.150. The average Bonchev–Trinajstić information content (AvgIpc) is 0.874. The summed E-state index contributed by atoms with van der Waals surface area (Å²) in [7, 11) is 0. The summed E-state index contributed by atoms with van der Waals surface area (Å²) in [6.07, 6.45) is 1.82. The zero-order valence-electron chi connectivity index (χ0n) is 57.8. The van der Waals surface area contributed by atoms with Crippen LogP contribution in [-0.4, -0.2) is 147 Å². The highest BCUT2D eigenvalue weighted by atomic mass is 16.6. The van der Waals surface area contributed by atoms with Gasteiger partial charge in [-0.3, -0.25) is 38.6 Å². The molecule has 2 N–H and O–H groups in total. The van der Waals surface area contributed by atoms with Crippen LogP contribution in [0, 0.1) is 0 Å². The molecule has 102 heavy (non-hydrogen) atoms. The van der Waals surface area contributed by atoms with Gasteiger partial charge < -0.3 is 58.0 Å². The molecule has 0 radical (unpaired) electrons. The first-order valence-corrected chi connectivity index (χ1v) is 35.1. The normalized spacial score (nSPS) is 15.8. The molecule has 0 bridgehead atoms. The van der Waals surface area contributed by atoms with E-state index in [0.29, 0.717) is 75.0 Å². The van der Waals surface area contributed by atoms with Crippen LogP contribution in [-0.2, 0) is 73.3 Å². The number of carbonyl (C=O) groups excluding carboxylic acids is 8. The molecule has 13 rings (SSSR count). The molecule has 4 heterocycles. The van der Waals surface area contributed by atoms with Crippen LogP contribution in [0.2, 0.25) is 0 Å². The van der Waals surface area contributed by atoms with Crippen molar-refractivity contribution in [1.82, 2.24) is 20.4 Å². The van der Waals surface area contributed by atoms with Crippen LogP contribution in [0.4, 0.5) is 0 Å². The number of nitrogens with zero attached hydrogens (tertiary/aromatic N) is 2. The Bertz CT molecular complexity index is 4180. The van der Waals surface area contributed by atoms with Gasteiger partial charge in [-0.05, 0) is 135 Å². The van der Waals surface area contributed by atoms with Crippen molar-refractivity contribution in [3.05, 3.63) is 166 Å². The standard InChI is InChI=1S/C80H80N4O18/c1-7-45-13-21-49(22-14-45)99-61-37-55-67-56(76(88)83(75(55)87)59(29-33-93-11-5)79(91)95-35-31-65(85)81-41-53-43-97-53)39-63(101-51-25-17-47(9-3)18-26-51)71-72-64(102-52-27-19-48(10-4)20-28-52)40-58-68-57(38-62(70(74(68)72)69(61)73(67)71)100-50-23-15-46(8-2)16-24-50)77(89)84(78(58)90)60(30-34-94-12-6)80(92)96-36-32-66(86)82-42-54-44-98-54/h13-28,37-40,53-54,59-60H,7-12,29-36,41-44H2,1-6H3,(H,81,85)(H,82,86). The third-order valence-corrected chi connectivity index (χ3v) is 18.9. The Morgan fingerprint density at radius 1 is 0.402 bits per heavy atom. The number of benzene rings is 9. The van der Waals surface area contributed by atoms with Crippen molar-refractivity contribution in [2.75, 3.05) is 65.9 Å². The topological polar surface area (TPSA) is 266 Å². The number of imide groups is 2. The van der Waals surface area contributed by atoms with E-state index < -0.39 is 47.7 Å². The van der Waals surface area contributed by atoms with Gasteiger partial charge in [0.25, 0.3) is 23.6 Å². The van der Waals surface area contributed by atoms with Crippen molar-refractivity contribution in [2.24, 2.45) is 0 Å². The van der Waals surface area contributed by atoms with Gasteiger partial charge in [0.1, 0.15) is 71.3 Å². The Hall–Kier alpha value is -10.5. The van der Waals surface area contributed by atoms with Gasteiger partial charge in [-0.25, -0.2) is 9.59 Å². The molecule has 4 unspecified atom stereocenters. The second-order valence-corrected chi connectivity index (χ2v) is 25.4. The van der Waals surface area contributed by atoms with E-state index in [1.807, 2.05) is 76.2 Å². The Kier molecular flexibility index (Phi) is 21.1. The zero-order chi connectivity index (χ0) is 71.3. The first-order chi connectivity index (χ1) is 49.6. The SMILES string of the molecule is CCOCCC(C(=O)OCCC(=O)NCC1CO1)N1C(=O)c2cc(Oc3ccc(CC)cc3)c3c4c(Oc5ccc(CC)cc5)cc5c6c(cc(Oc7ccc(CC)cc7)c(c7c(Oc8ccc(CC)cc8)cc(c2c37)C1=O)c64)C(=O)N(C(CCOCC)C(=O)OCCC(=O)NCC1CO1)C5=O. The van der Waals surface area contributed by atoms with E-state index in [1.54, 1.807) is 62.4 Å². The van der Waals surface area contributed by atoms with Crippen LogP contribution < -0.4 is 29.6 Å². The Labute approximate surface area is 589 Å². The first kappa shape index (κ1) is 69.9. The quantitative estimate of drug-likeness (QED) is 0.00947. The Balaban J connectivity index is 1.11. The van der Waals surface area contributed by atoms with E-state index in [9.17, 15) is 19.2 Å². The molecule has 4 aliphatic rings. The fraction of sp³-hybridized carbons (Fsp3) is 0.350. The number of fused-ring (bicyclic) bond motifs is 2. The molecule has 2 saturated heterocycles. The third kappa shape index (κ3) is 14.5. The monoisotopic (exact) mass is 1380 g/mol. The maximum atomic E-state index is 16.2. The molecule has 6 amide bonds. The van der Waals surface area contributed by atoms with E-state index in [4.69, 9.17) is 47.4 Å². The van der Waals surface area contributed by atoms with Gasteiger partial charge in [0.05, 0.1) is 60.5 Å². The maximum Gasteiger partial charge on any atom is 0.329 e. The van der Waals surface area contributed by atoms with Crippen molar-refractivity contribution in [3.63, 3.8) is 0 Å². The van der Waals surface area contributed by atoms with Gasteiger partial charge in [0, 0.05) is 95.4 Å². The highest BCUT2D eigenvalue weighted by molar-refractivity contribution is 6.45. The minimum Gasteiger partial charge on any atom is -0.464 e. The van der Waals surface area contributed by atoms with Gasteiger partial charge in [-0.1, -0.05) is 76.2 Å². The molecular weight excluding hydrogens is 1300 g/mol. The van der Waals surface area contributed by atoms with Crippen molar-refractivity contribution in [1.29, 1.82) is 0 Å². The van der Waals surface area contributed by atoms with Gasteiger partial charge in [-0.2, -0.15) is 0 Å². The predicted molar refractivity (Wildman–Crippen MR) is 379 cm³/mol. The van der Waals surface area contributed by atoms with E-state index >= 15 is 19.2 Å². The molecule has 0 saturated carbocycles. The molecule has 22 nitrogen and oxygen atoms in total. The average molecular weight is 1390 g/mol. The minimum atomic E-state index is -1.59. The van der Waals surface area contributed by atoms with Crippen LogP contribution in [0.25, 0.3) is 43.1 Å². The van der Waals surface area contributed by atoms with E-state index in [2.05, 4.69) is 10.6 Å². The van der Waals surface area contributed by atoms with Crippen LogP contribution in [0.15, 0.2) is 121 Å². The summed E-state index contributed by atoms with van der Waals surface area (Å²) in [5, 5.41) is 7.23. The highest BCUT2D eigenvalue weighted by Crippen LogP contribution is 2.58. The molecule has 4 atom stereocenters. The fourth-order valence-corrected chi connectivity index (χ4v) is 13.2. The van der Waals surface area contributed by atoms with E-state index in [-0.39, 0.29) is 178 Å². The van der Waals surface area contributed by atoms with Crippen LogP contribution in [0.3, 0.4) is 0 Å². The molecule has 4 aliphatic heterocycles. The molecule has 0 spiro atoms. The van der Waals surface area contributed by atoms with Gasteiger partial charge in [0.2, 0.25) is 11.8 Å². The van der Waals surface area contributed by atoms with Gasteiger partial charge >= 0.3 is 11.9 Å². The number of esters is 2. The highest BCUT2D eigenvalue weighted by Gasteiger charge is 2.47. The number of hydrogen-bond donors (Lipinski definition) is 2. The molecule has 528 valence electrons. The molecule has 2 fully saturated rings. The summed E-state index contributed by atoms with van der Waals surface area (Å²) in [6.45, 7) is 12.9. The third-order valence-electron chi connectivity index (χ3n) is 18.9. The number of nitrogens with one attached hydrogen (secondary N) is 2. The largest absolute Gasteiger partial charge is 0.464 e. The molecule has 9 aromatic carbocycles. The summed E-state index contributed by atoms with van der Waals surface area (Å²) in [5.74, 6) is -4.80. The molecule has 9 aromatic rings. The number of aryl methyl sites for hydroxylation is 4. The van der Waals surface area contributed by atoms with Crippen LogP contribution >= 0.6 is 0 Å². The van der Waals surface area contributed by atoms with Crippen LogP contribution in [0.5, 0.6) is 46.0 Å². The predicted octanol–water partition coefficient (Wildman–Crippen LogP) is 12.8. The lowest BCUT2D eigenvalue weighted by Gasteiger charge is -2.35.